The summed E-state index contributed by atoms with van der Waals surface area (Å²) in [5.41, 5.74) is 0.0684. The van der Waals surface area contributed by atoms with E-state index in [-0.39, 0.29) is 18.4 Å². The summed E-state index contributed by atoms with van der Waals surface area (Å²) in [5, 5.41) is 0.450. The number of hydrogen-bond acceptors (Lipinski definition) is 4. The molecule has 5 nitrogen and oxygen atoms in total. The van der Waals surface area contributed by atoms with Crippen molar-refractivity contribution in [2.45, 2.75) is 12.8 Å². The summed E-state index contributed by atoms with van der Waals surface area (Å²) < 4.78 is 12.6. The third kappa shape index (κ3) is 2.30. The fourth-order valence-electron chi connectivity index (χ4n) is 1.38. The highest BCUT2D eigenvalue weighted by Crippen LogP contribution is 2.14. The molecule has 1 fully saturated rings. The summed E-state index contributed by atoms with van der Waals surface area (Å²) >= 11 is 0. The molecule has 2 rings (SSSR count). The Hall–Kier alpha value is -2.24. The molecule has 0 aliphatic carbocycles. The molecule has 0 spiro atoms. The van der Waals surface area contributed by atoms with Crippen molar-refractivity contribution in [3.8, 4) is 0 Å². The summed E-state index contributed by atoms with van der Waals surface area (Å²) in [4.78, 5) is 38.5. The average molecular weight is 237 g/mol. The molecule has 1 aromatic carbocycles. The highest BCUT2D eigenvalue weighted by molar-refractivity contribution is 6.02. The van der Waals surface area contributed by atoms with Crippen LogP contribution in [-0.2, 0) is 14.4 Å². The van der Waals surface area contributed by atoms with Crippen LogP contribution in [0.2, 0.25) is 0 Å². The third-order valence-electron chi connectivity index (χ3n) is 2.26. The fourth-order valence-corrected chi connectivity index (χ4v) is 1.38. The van der Waals surface area contributed by atoms with Gasteiger partial charge in [0.2, 0.25) is 0 Å². The molecule has 1 heterocycles. The standard InChI is InChI=1S/C11H8FNO4/c12-8-3-1-7(2-4-8)11(16)17-13-9(14)5-6-10(13)15/h1-4H,5-6H2. The molecular formula is C11H8FNO4. The normalized spacial score (nSPS) is 15.2. The molecule has 2 amide bonds. The van der Waals surface area contributed by atoms with Gasteiger partial charge in [0, 0.05) is 12.8 Å². The minimum Gasteiger partial charge on any atom is -0.325 e. The van der Waals surface area contributed by atoms with Gasteiger partial charge in [-0.05, 0) is 24.3 Å². The van der Waals surface area contributed by atoms with Crippen LogP contribution in [0.3, 0.4) is 0 Å². The van der Waals surface area contributed by atoms with Crippen LogP contribution in [0, 0.1) is 5.82 Å². The number of amides is 2. The van der Waals surface area contributed by atoms with Gasteiger partial charge in [0.1, 0.15) is 5.82 Å². The Morgan fingerprint density at radius 2 is 1.65 bits per heavy atom. The van der Waals surface area contributed by atoms with Gasteiger partial charge >= 0.3 is 5.97 Å². The molecule has 6 heteroatoms. The number of rotatable bonds is 2. The second-order valence-corrected chi connectivity index (χ2v) is 3.47. The molecule has 1 aliphatic heterocycles. The quantitative estimate of drug-likeness (QED) is 0.721. The Morgan fingerprint density at radius 1 is 1.12 bits per heavy atom. The van der Waals surface area contributed by atoms with Gasteiger partial charge in [0.15, 0.2) is 0 Å². The number of carbonyl (C=O) groups is 3. The first-order valence-electron chi connectivity index (χ1n) is 4.91. The van der Waals surface area contributed by atoms with E-state index in [1.54, 1.807) is 0 Å². The van der Waals surface area contributed by atoms with Gasteiger partial charge in [-0.2, -0.15) is 0 Å². The summed E-state index contributed by atoms with van der Waals surface area (Å²) in [6, 6.07) is 4.60. The van der Waals surface area contributed by atoms with Crippen molar-refractivity contribution in [2.24, 2.45) is 0 Å². The molecule has 0 bridgehead atoms. The third-order valence-corrected chi connectivity index (χ3v) is 2.26. The van der Waals surface area contributed by atoms with E-state index in [2.05, 4.69) is 4.84 Å². The first kappa shape index (κ1) is 11.3. The molecule has 88 valence electrons. The van der Waals surface area contributed by atoms with Crippen LogP contribution in [0.4, 0.5) is 4.39 Å². The maximum atomic E-state index is 12.6. The fraction of sp³-hybridized carbons (Fsp3) is 0.182. The van der Waals surface area contributed by atoms with E-state index in [1.807, 2.05) is 0 Å². The number of imide groups is 1. The van der Waals surface area contributed by atoms with Crippen LogP contribution in [0.1, 0.15) is 23.2 Å². The molecule has 1 aromatic rings. The van der Waals surface area contributed by atoms with E-state index in [4.69, 9.17) is 0 Å². The van der Waals surface area contributed by atoms with Gasteiger partial charge < -0.3 is 4.84 Å². The largest absolute Gasteiger partial charge is 0.363 e. The van der Waals surface area contributed by atoms with Crippen molar-refractivity contribution in [1.82, 2.24) is 5.06 Å². The lowest BCUT2D eigenvalue weighted by Gasteiger charge is -2.12. The van der Waals surface area contributed by atoms with E-state index in [9.17, 15) is 18.8 Å². The molecule has 1 saturated heterocycles. The van der Waals surface area contributed by atoms with Gasteiger partial charge in [-0.3, -0.25) is 9.59 Å². The molecule has 0 aromatic heterocycles. The summed E-state index contributed by atoms with van der Waals surface area (Å²) in [6.45, 7) is 0. The van der Waals surface area contributed by atoms with E-state index < -0.39 is 23.6 Å². The minimum absolute atomic E-state index is 0.0372. The lowest BCUT2D eigenvalue weighted by atomic mass is 10.2. The van der Waals surface area contributed by atoms with Crippen molar-refractivity contribution < 1.29 is 23.6 Å². The van der Waals surface area contributed by atoms with Gasteiger partial charge in [0.05, 0.1) is 5.56 Å². The molecule has 0 N–H and O–H groups in total. The number of halogens is 1. The number of hydroxylamine groups is 2. The van der Waals surface area contributed by atoms with Crippen LogP contribution >= 0.6 is 0 Å². The monoisotopic (exact) mass is 237 g/mol. The van der Waals surface area contributed by atoms with Crippen molar-refractivity contribution in [3.63, 3.8) is 0 Å². The number of carbonyl (C=O) groups excluding carboxylic acids is 3. The van der Waals surface area contributed by atoms with Gasteiger partial charge in [-0.25, -0.2) is 9.18 Å². The number of benzene rings is 1. The van der Waals surface area contributed by atoms with Gasteiger partial charge in [-0.1, -0.05) is 0 Å². The SMILES string of the molecule is O=C(ON1C(=O)CCC1=O)c1ccc(F)cc1. The lowest BCUT2D eigenvalue weighted by molar-refractivity contribution is -0.172. The second kappa shape index (κ2) is 4.32. The summed E-state index contributed by atoms with van der Waals surface area (Å²) in [5.74, 6) is -2.46. The van der Waals surface area contributed by atoms with E-state index in [0.717, 1.165) is 12.1 Å². The van der Waals surface area contributed by atoms with E-state index in [0.29, 0.717) is 5.06 Å². The minimum atomic E-state index is -0.867. The Bertz CT molecular complexity index is 467. The molecule has 0 saturated carbocycles. The highest BCUT2D eigenvalue weighted by Gasteiger charge is 2.33. The molecule has 0 atom stereocenters. The predicted molar refractivity (Wildman–Crippen MR) is 52.9 cm³/mol. The zero-order valence-electron chi connectivity index (χ0n) is 8.68. The van der Waals surface area contributed by atoms with Crippen molar-refractivity contribution in [1.29, 1.82) is 0 Å². The Labute approximate surface area is 95.7 Å². The highest BCUT2D eigenvalue weighted by atomic mass is 19.1. The topological polar surface area (TPSA) is 63.7 Å². The van der Waals surface area contributed by atoms with Crippen LogP contribution in [0.25, 0.3) is 0 Å². The van der Waals surface area contributed by atoms with Gasteiger partial charge in [0.25, 0.3) is 11.8 Å². The van der Waals surface area contributed by atoms with Crippen molar-refractivity contribution in [3.05, 3.63) is 35.6 Å². The first-order chi connectivity index (χ1) is 8.08. The lowest BCUT2D eigenvalue weighted by Crippen LogP contribution is -2.32. The number of nitrogens with zero attached hydrogens (tertiary/aromatic N) is 1. The van der Waals surface area contributed by atoms with Crippen molar-refractivity contribution in [2.75, 3.05) is 0 Å². The Kier molecular flexibility index (Phi) is 2.86. The van der Waals surface area contributed by atoms with Crippen LogP contribution in [0.5, 0.6) is 0 Å². The zero-order valence-corrected chi connectivity index (χ0v) is 8.68. The van der Waals surface area contributed by atoms with Crippen LogP contribution in [0.15, 0.2) is 24.3 Å². The summed E-state index contributed by atoms with van der Waals surface area (Å²) in [6.07, 6.45) is 0.0745. The Morgan fingerprint density at radius 3 is 2.18 bits per heavy atom. The first-order valence-corrected chi connectivity index (χ1v) is 4.91. The Balaban J connectivity index is 2.09. The molecule has 1 aliphatic rings. The number of hydrogen-bond donors (Lipinski definition) is 0. The maximum Gasteiger partial charge on any atom is 0.363 e. The molecular weight excluding hydrogens is 229 g/mol. The summed E-state index contributed by atoms with van der Waals surface area (Å²) in [7, 11) is 0. The van der Waals surface area contributed by atoms with Crippen molar-refractivity contribution >= 4 is 17.8 Å². The smallest absolute Gasteiger partial charge is 0.325 e. The van der Waals surface area contributed by atoms with E-state index in [1.165, 1.54) is 12.1 Å². The predicted octanol–water partition coefficient (Wildman–Crippen LogP) is 1.05. The molecule has 17 heavy (non-hydrogen) atoms. The second-order valence-electron chi connectivity index (χ2n) is 3.47. The average Bonchev–Trinajstić information content (AvgIpc) is 2.61. The van der Waals surface area contributed by atoms with Crippen LogP contribution in [-0.4, -0.2) is 22.8 Å². The maximum absolute atomic E-state index is 12.6. The van der Waals surface area contributed by atoms with Gasteiger partial charge in [-0.15, -0.1) is 5.06 Å². The molecule has 0 radical (unpaired) electrons. The van der Waals surface area contributed by atoms with Crippen LogP contribution < -0.4 is 0 Å². The van der Waals surface area contributed by atoms with E-state index >= 15 is 0 Å². The zero-order chi connectivity index (χ0) is 12.4. The molecule has 0 unspecified atom stereocenters.